The summed E-state index contributed by atoms with van der Waals surface area (Å²) in [6.07, 6.45) is 2.56. The molecule has 4 rings (SSSR count). The number of methoxy groups -OCH3 is 3. The predicted octanol–water partition coefficient (Wildman–Crippen LogP) is 3.51. The fourth-order valence-electron chi connectivity index (χ4n) is 4.09. The van der Waals surface area contributed by atoms with Crippen LogP contribution in [0.1, 0.15) is 12.0 Å². The van der Waals surface area contributed by atoms with Gasteiger partial charge in [-0.15, -0.1) is 0 Å². The number of hydrogen-bond donors (Lipinski definition) is 0. The van der Waals surface area contributed by atoms with E-state index in [1.165, 1.54) is 12.1 Å². The van der Waals surface area contributed by atoms with Crippen LogP contribution in [0.25, 0.3) is 10.9 Å². The molecule has 0 N–H and O–H groups in total. The molecule has 2 heterocycles. The number of benzene rings is 2. The Bertz CT molecular complexity index is 1050. The van der Waals surface area contributed by atoms with Gasteiger partial charge in [0.05, 0.1) is 26.7 Å². The van der Waals surface area contributed by atoms with Crippen molar-refractivity contribution in [3.8, 4) is 17.2 Å². The molecular formula is C23H27FN4O3. The second kappa shape index (κ2) is 9.34. The van der Waals surface area contributed by atoms with Crippen molar-refractivity contribution in [2.75, 3.05) is 52.4 Å². The highest BCUT2D eigenvalue weighted by Gasteiger charge is 2.23. The van der Waals surface area contributed by atoms with Gasteiger partial charge in [0.1, 0.15) is 23.5 Å². The fraction of sp³-hybridized carbons (Fsp3) is 0.391. The van der Waals surface area contributed by atoms with Gasteiger partial charge in [0.2, 0.25) is 5.75 Å². The third-order valence-electron chi connectivity index (χ3n) is 5.62. The molecule has 1 aromatic heterocycles. The first kappa shape index (κ1) is 21.1. The molecule has 0 atom stereocenters. The minimum Gasteiger partial charge on any atom is -0.493 e. The van der Waals surface area contributed by atoms with E-state index in [1.54, 1.807) is 27.7 Å². The zero-order chi connectivity index (χ0) is 21.8. The third kappa shape index (κ3) is 4.34. The number of fused-ring (bicyclic) bond motifs is 1. The van der Waals surface area contributed by atoms with Crippen molar-refractivity contribution in [2.45, 2.75) is 13.0 Å². The number of halogens is 1. The molecular weight excluding hydrogens is 399 g/mol. The van der Waals surface area contributed by atoms with E-state index in [1.807, 2.05) is 18.2 Å². The van der Waals surface area contributed by atoms with Crippen molar-refractivity contribution >= 4 is 16.7 Å². The van der Waals surface area contributed by atoms with Gasteiger partial charge in [0, 0.05) is 32.7 Å². The first-order valence-corrected chi connectivity index (χ1v) is 10.3. The van der Waals surface area contributed by atoms with Gasteiger partial charge in [-0.25, -0.2) is 14.4 Å². The molecule has 3 aromatic rings. The molecule has 1 saturated heterocycles. The quantitative estimate of drug-likeness (QED) is 0.598. The Morgan fingerprint density at radius 3 is 2.39 bits per heavy atom. The van der Waals surface area contributed by atoms with E-state index in [4.69, 9.17) is 14.2 Å². The monoisotopic (exact) mass is 426 g/mol. The second-order valence-electron chi connectivity index (χ2n) is 7.48. The lowest BCUT2D eigenvalue weighted by atomic mass is 10.1. The summed E-state index contributed by atoms with van der Waals surface area (Å²) in [5.41, 5.74) is 1.81. The lowest BCUT2D eigenvalue weighted by molar-refractivity contribution is 0.285. The van der Waals surface area contributed by atoms with Gasteiger partial charge in [0.25, 0.3) is 0 Å². The molecule has 0 amide bonds. The van der Waals surface area contributed by atoms with Gasteiger partial charge >= 0.3 is 0 Å². The van der Waals surface area contributed by atoms with Crippen molar-refractivity contribution in [1.82, 2.24) is 14.9 Å². The molecule has 0 aliphatic carbocycles. The Hall–Kier alpha value is -3.13. The molecule has 0 spiro atoms. The number of ether oxygens (including phenoxy) is 3. The Morgan fingerprint density at radius 2 is 1.68 bits per heavy atom. The number of nitrogens with zero attached hydrogens (tertiary/aromatic N) is 4. The average molecular weight is 426 g/mol. The van der Waals surface area contributed by atoms with Crippen LogP contribution < -0.4 is 19.1 Å². The van der Waals surface area contributed by atoms with Crippen molar-refractivity contribution in [2.24, 2.45) is 0 Å². The van der Waals surface area contributed by atoms with Gasteiger partial charge in [-0.1, -0.05) is 12.1 Å². The van der Waals surface area contributed by atoms with E-state index < -0.39 is 0 Å². The van der Waals surface area contributed by atoms with Crippen LogP contribution >= 0.6 is 0 Å². The predicted molar refractivity (Wildman–Crippen MR) is 118 cm³/mol. The maximum Gasteiger partial charge on any atom is 0.205 e. The molecule has 0 radical (unpaired) electrons. The summed E-state index contributed by atoms with van der Waals surface area (Å²) in [4.78, 5) is 13.7. The van der Waals surface area contributed by atoms with E-state index in [-0.39, 0.29) is 5.82 Å². The molecule has 1 fully saturated rings. The number of aromatic nitrogens is 2. The molecule has 0 saturated carbocycles. The van der Waals surface area contributed by atoms with Crippen molar-refractivity contribution in [1.29, 1.82) is 0 Å². The number of anilines is 1. The minimum atomic E-state index is -0.205. The standard InChI is InChI=1S/C23H27FN4O3/c1-29-19-13-18-20(22(31-3)21(19)30-2)25-15-26-23(18)28-10-4-9-27(11-12-28)14-16-5-7-17(24)8-6-16/h5-8,13,15H,4,9-12,14H2,1-3H3. The van der Waals surface area contributed by atoms with Crippen LogP contribution in [-0.4, -0.2) is 62.4 Å². The maximum atomic E-state index is 13.2. The summed E-state index contributed by atoms with van der Waals surface area (Å²) < 4.78 is 29.8. The summed E-state index contributed by atoms with van der Waals surface area (Å²) in [5.74, 6) is 2.28. The van der Waals surface area contributed by atoms with E-state index >= 15 is 0 Å². The first-order chi connectivity index (χ1) is 15.1. The Morgan fingerprint density at radius 1 is 0.903 bits per heavy atom. The number of hydrogen-bond acceptors (Lipinski definition) is 7. The molecule has 2 aromatic carbocycles. The van der Waals surface area contributed by atoms with Gasteiger partial charge in [-0.2, -0.15) is 0 Å². The molecule has 1 aliphatic rings. The highest BCUT2D eigenvalue weighted by Crippen LogP contribution is 2.44. The summed E-state index contributed by atoms with van der Waals surface area (Å²) in [5, 5.41) is 0.865. The lowest BCUT2D eigenvalue weighted by Crippen LogP contribution is -2.31. The number of rotatable bonds is 6. The van der Waals surface area contributed by atoms with E-state index in [0.29, 0.717) is 22.8 Å². The fourth-order valence-corrected chi connectivity index (χ4v) is 4.09. The second-order valence-corrected chi connectivity index (χ2v) is 7.48. The van der Waals surface area contributed by atoms with Gasteiger partial charge in [-0.3, -0.25) is 4.90 Å². The van der Waals surface area contributed by atoms with Crippen LogP contribution in [0, 0.1) is 5.82 Å². The van der Waals surface area contributed by atoms with Crippen LogP contribution in [0.3, 0.4) is 0 Å². The summed E-state index contributed by atoms with van der Waals surface area (Å²) >= 11 is 0. The van der Waals surface area contributed by atoms with Crippen molar-refractivity contribution in [3.63, 3.8) is 0 Å². The van der Waals surface area contributed by atoms with Crippen LogP contribution in [0.15, 0.2) is 36.7 Å². The Labute approximate surface area is 181 Å². The van der Waals surface area contributed by atoms with Crippen molar-refractivity contribution in [3.05, 3.63) is 48.0 Å². The molecule has 31 heavy (non-hydrogen) atoms. The minimum absolute atomic E-state index is 0.205. The van der Waals surface area contributed by atoms with E-state index in [0.717, 1.165) is 55.9 Å². The summed E-state index contributed by atoms with van der Waals surface area (Å²) in [6.45, 7) is 4.36. The maximum absolute atomic E-state index is 13.2. The normalized spacial score (nSPS) is 15.0. The van der Waals surface area contributed by atoms with Crippen LogP contribution in [0.5, 0.6) is 17.2 Å². The van der Waals surface area contributed by atoms with Crippen molar-refractivity contribution < 1.29 is 18.6 Å². The zero-order valence-corrected chi connectivity index (χ0v) is 18.1. The lowest BCUT2D eigenvalue weighted by Gasteiger charge is -2.24. The summed E-state index contributed by atoms with van der Waals surface area (Å²) in [6, 6.07) is 8.64. The Kier molecular flexibility index (Phi) is 6.36. The molecule has 1 aliphatic heterocycles. The summed E-state index contributed by atoms with van der Waals surface area (Å²) in [7, 11) is 4.78. The molecule has 0 unspecified atom stereocenters. The highest BCUT2D eigenvalue weighted by molar-refractivity contribution is 5.97. The first-order valence-electron chi connectivity index (χ1n) is 10.3. The topological polar surface area (TPSA) is 60.0 Å². The van der Waals surface area contributed by atoms with Gasteiger partial charge in [0.15, 0.2) is 11.5 Å². The van der Waals surface area contributed by atoms with Gasteiger partial charge in [-0.05, 0) is 30.2 Å². The van der Waals surface area contributed by atoms with Gasteiger partial charge < -0.3 is 19.1 Å². The largest absolute Gasteiger partial charge is 0.493 e. The van der Waals surface area contributed by atoms with E-state index in [9.17, 15) is 4.39 Å². The van der Waals surface area contributed by atoms with Crippen LogP contribution in [0.2, 0.25) is 0 Å². The Balaban J connectivity index is 1.60. The highest BCUT2D eigenvalue weighted by atomic mass is 19.1. The molecule has 164 valence electrons. The molecule has 0 bridgehead atoms. The average Bonchev–Trinajstić information content (AvgIpc) is 3.04. The van der Waals surface area contributed by atoms with E-state index in [2.05, 4.69) is 19.8 Å². The van der Waals surface area contributed by atoms with Crippen LogP contribution in [-0.2, 0) is 6.54 Å². The molecule has 7 nitrogen and oxygen atoms in total. The smallest absolute Gasteiger partial charge is 0.205 e. The third-order valence-corrected chi connectivity index (χ3v) is 5.62. The molecule has 8 heteroatoms. The zero-order valence-electron chi connectivity index (χ0n) is 18.1. The van der Waals surface area contributed by atoms with Crippen LogP contribution in [0.4, 0.5) is 10.2 Å². The SMILES string of the molecule is COc1cc2c(N3CCCN(Cc4ccc(F)cc4)CC3)ncnc2c(OC)c1OC.